The van der Waals surface area contributed by atoms with Crippen LogP contribution < -0.4 is 10.6 Å². The maximum Gasteiger partial charge on any atom is 0.244 e. The van der Waals surface area contributed by atoms with Crippen LogP contribution in [0.3, 0.4) is 0 Å². The number of hydrogen-bond acceptors (Lipinski definition) is 10. The lowest BCUT2D eigenvalue weighted by Gasteiger charge is -2.39. The van der Waals surface area contributed by atoms with E-state index in [-0.39, 0.29) is 36.9 Å². The van der Waals surface area contributed by atoms with E-state index >= 15 is 0 Å². The monoisotopic (exact) mass is 1030 g/mol. The van der Waals surface area contributed by atoms with Crippen molar-refractivity contribution in [2.75, 3.05) is 32.7 Å². The van der Waals surface area contributed by atoms with E-state index < -0.39 is 0 Å². The summed E-state index contributed by atoms with van der Waals surface area (Å²) in [5, 5.41) is 37.4. The summed E-state index contributed by atoms with van der Waals surface area (Å²) in [4.78, 5) is 40.9. The Morgan fingerprint density at radius 1 is 0.519 bits per heavy atom. The molecule has 16 nitrogen and oxygen atoms in total. The van der Waals surface area contributed by atoms with E-state index in [0.29, 0.717) is 19.5 Å². The number of amides is 3. The van der Waals surface area contributed by atoms with Crippen LogP contribution in [0, 0.1) is 20.8 Å². The predicted octanol–water partition coefficient (Wildman–Crippen LogP) is 8.83. The fourth-order valence-corrected chi connectivity index (χ4v) is 9.97. The molecule has 0 radical (unpaired) electrons. The highest BCUT2D eigenvalue weighted by Gasteiger charge is 2.28. The lowest BCUT2D eigenvalue weighted by Crippen LogP contribution is -2.50. The Hall–Kier alpha value is -8.63. The molecule has 2 N–H and O–H groups in total. The lowest BCUT2D eigenvalue weighted by atomic mass is 9.90. The number of rotatable bonds is 18. The summed E-state index contributed by atoms with van der Waals surface area (Å²) in [6.45, 7) is 11.3. The largest absolute Gasteiger partial charge is 0.356 e. The molecule has 3 amide bonds. The number of carbonyl (C=O) groups is 3. The zero-order valence-electron chi connectivity index (χ0n) is 44.2. The van der Waals surface area contributed by atoms with Gasteiger partial charge in [0.25, 0.3) is 0 Å². The van der Waals surface area contributed by atoms with Crippen molar-refractivity contribution in [2.24, 2.45) is 0 Å². The molecule has 1 fully saturated rings. The van der Waals surface area contributed by atoms with Crippen molar-refractivity contribution in [1.82, 2.24) is 65.4 Å². The molecule has 0 unspecified atom stereocenters. The summed E-state index contributed by atoms with van der Waals surface area (Å²) < 4.78 is 4.99. The average Bonchev–Trinajstić information content (AvgIpc) is 4.31. The van der Waals surface area contributed by atoms with Crippen LogP contribution in [-0.2, 0) is 47.0 Å². The van der Waals surface area contributed by atoms with Crippen molar-refractivity contribution in [2.45, 2.75) is 85.1 Å². The van der Waals surface area contributed by atoms with Gasteiger partial charge in [-0.3, -0.25) is 24.0 Å². The second-order valence-corrected chi connectivity index (χ2v) is 19.6. The Morgan fingerprint density at radius 3 is 1.66 bits per heavy atom. The van der Waals surface area contributed by atoms with Gasteiger partial charge in [0, 0.05) is 70.8 Å². The molecule has 4 heterocycles. The Balaban J connectivity index is 0.000000147. The van der Waals surface area contributed by atoms with Crippen molar-refractivity contribution in [3.05, 3.63) is 204 Å². The van der Waals surface area contributed by atoms with Gasteiger partial charge in [-0.2, -0.15) is 0 Å². The maximum absolute atomic E-state index is 12.6. The lowest BCUT2D eigenvalue weighted by molar-refractivity contribution is -0.134. The van der Waals surface area contributed by atoms with Gasteiger partial charge >= 0.3 is 0 Å². The topological polar surface area (TPSA) is 174 Å². The molecule has 0 bridgehead atoms. The third-order valence-electron chi connectivity index (χ3n) is 13.8. The van der Waals surface area contributed by atoms with E-state index in [9.17, 15) is 14.4 Å². The maximum atomic E-state index is 12.6. The Labute approximate surface area is 449 Å². The minimum absolute atomic E-state index is 0.0706. The van der Waals surface area contributed by atoms with Crippen molar-refractivity contribution in [3.63, 3.8) is 0 Å². The molecule has 77 heavy (non-hydrogen) atoms. The summed E-state index contributed by atoms with van der Waals surface area (Å²) in [5.74, 6) is 0.165. The fourth-order valence-electron chi connectivity index (χ4n) is 9.97. The Bertz CT molecular complexity index is 3400. The van der Waals surface area contributed by atoms with Gasteiger partial charge in [-0.1, -0.05) is 161 Å². The zero-order chi connectivity index (χ0) is 53.3. The predicted molar refractivity (Wildman–Crippen MR) is 301 cm³/mol. The van der Waals surface area contributed by atoms with Gasteiger partial charge in [-0.05, 0) is 101 Å². The Morgan fingerprint density at radius 2 is 1.06 bits per heavy atom. The van der Waals surface area contributed by atoms with E-state index in [4.69, 9.17) is 0 Å². The van der Waals surface area contributed by atoms with Crippen LogP contribution in [0.1, 0.15) is 71.1 Å². The van der Waals surface area contributed by atoms with Crippen LogP contribution in [-0.4, -0.2) is 105 Å². The molecule has 0 aliphatic carbocycles. The van der Waals surface area contributed by atoms with Crippen molar-refractivity contribution in [3.8, 4) is 0 Å². The first-order valence-corrected chi connectivity index (χ1v) is 26.6. The van der Waals surface area contributed by atoms with Gasteiger partial charge in [0.1, 0.15) is 13.1 Å². The molecule has 7 aromatic carbocycles. The summed E-state index contributed by atoms with van der Waals surface area (Å²) >= 11 is 0. The first-order chi connectivity index (χ1) is 37.6. The van der Waals surface area contributed by atoms with E-state index in [1.807, 2.05) is 79.0 Å². The van der Waals surface area contributed by atoms with Gasteiger partial charge < -0.3 is 15.5 Å². The van der Waals surface area contributed by atoms with Gasteiger partial charge in [0.05, 0.1) is 23.1 Å². The molecule has 11 rings (SSSR count). The molecule has 0 atom stereocenters. The number of nitrogens with zero attached hydrogens (tertiary/aromatic N) is 11. The number of piperazine rings is 1. The van der Waals surface area contributed by atoms with Crippen LogP contribution in [0.4, 0.5) is 0 Å². The van der Waals surface area contributed by atoms with E-state index in [2.05, 4.69) is 150 Å². The normalized spacial score (nSPS) is 12.6. The smallest absolute Gasteiger partial charge is 0.244 e. The second-order valence-electron chi connectivity index (χ2n) is 19.6. The van der Waals surface area contributed by atoms with Gasteiger partial charge in [0.15, 0.2) is 0 Å². The molecule has 3 aromatic heterocycles. The standard InChI is InChI=1S/C27H28N4O.C22H25N5O.C12H14N4O/c1-19-18-31(30-29-19)17-3-2-16-28-25(32)9-5-6-20-10-11-23-13-12-21-7-4-8-22-14-15-24(20)27(23)26(21)22;1-18-16-27(24-23-18)17-21(28)25-12-14-26(15-13-25)22(19-8-4-2-5-9-19)20-10-6-3-7-11-20;1-10-8-16(15-14-10)9-12(17)13-7-11-5-3-2-4-6-11/h4,7-8,10-15,18H,2-3,5-6,9,16-17H2,1H3,(H,28,32);2-11,16,22H,12-15,17H2,1H3;2-6,8H,7,9H2,1H3,(H,13,17). The highest BCUT2D eigenvalue weighted by Crippen LogP contribution is 2.36. The number of aryl methyl sites for hydroxylation is 5. The highest BCUT2D eigenvalue weighted by molar-refractivity contribution is 6.23. The number of benzene rings is 7. The summed E-state index contributed by atoms with van der Waals surface area (Å²) in [6.07, 6.45) is 9.73. The third-order valence-corrected chi connectivity index (χ3v) is 13.8. The molecule has 1 aliphatic heterocycles. The van der Waals surface area contributed by atoms with Crippen molar-refractivity contribution in [1.29, 1.82) is 0 Å². The minimum Gasteiger partial charge on any atom is -0.356 e. The molecule has 0 saturated carbocycles. The van der Waals surface area contributed by atoms with E-state index in [1.165, 1.54) is 53.7 Å². The summed E-state index contributed by atoms with van der Waals surface area (Å²) in [6, 6.07) is 51.0. The van der Waals surface area contributed by atoms with E-state index in [1.54, 1.807) is 17.1 Å². The molecule has 1 saturated heterocycles. The highest BCUT2D eigenvalue weighted by atomic mass is 16.2. The van der Waals surface area contributed by atoms with Crippen LogP contribution in [0.25, 0.3) is 32.3 Å². The zero-order valence-corrected chi connectivity index (χ0v) is 44.2. The molecule has 394 valence electrons. The summed E-state index contributed by atoms with van der Waals surface area (Å²) in [5.41, 5.74) is 7.54. The first kappa shape index (κ1) is 53.2. The van der Waals surface area contributed by atoms with Crippen LogP contribution in [0.5, 0.6) is 0 Å². The summed E-state index contributed by atoms with van der Waals surface area (Å²) in [7, 11) is 0. The van der Waals surface area contributed by atoms with Gasteiger partial charge in [0.2, 0.25) is 17.7 Å². The van der Waals surface area contributed by atoms with Crippen molar-refractivity contribution < 1.29 is 14.4 Å². The second kappa shape index (κ2) is 26.2. The molecule has 10 aromatic rings. The number of nitrogens with one attached hydrogen (secondary N) is 2. The fraction of sp³-hybridized carbons (Fsp3) is 0.295. The molecular formula is C61H67N13O3. The number of carbonyl (C=O) groups excluding carboxylic acids is 3. The van der Waals surface area contributed by atoms with E-state index in [0.717, 1.165) is 81.1 Å². The number of hydrogen-bond donors (Lipinski definition) is 2. The SMILES string of the molecule is Cc1cn(CC(=O)N2CCN(C(c3ccccc3)c3ccccc3)CC2)nn1.Cc1cn(CC(=O)NCc2ccccc2)nn1.Cc1cn(CCCCNC(=O)CCCc2ccc3ccc4cccc5ccc2c3c45)nn1. The minimum atomic E-state index is -0.0706. The third kappa shape index (κ3) is 14.6. The van der Waals surface area contributed by atoms with Crippen LogP contribution >= 0.6 is 0 Å². The van der Waals surface area contributed by atoms with Gasteiger partial charge in [-0.25, -0.2) is 9.36 Å². The molecule has 1 aliphatic rings. The molecule has 16 heteroatoms. The number of unbranched alkanes of at least 4 members (excludes halogenated alkanes) is 1. The number of aromatic nitrogens is 9. The molecular weight excluding hydrogens is 963 g/mol. The van der Waals surface area contributed by atoms with Crippen molar-refractivity contribution >= 4 is 50.0 Å². The van der Waals surface area contributed by atoms with Crippen LogP contribution in [0.15, 0.2) is 164 Å². The Kier molecular flexibility index (Phi) is 18.1. The quantitative estimate of drug-likeness (QED) is 0.0625. The first-order valence-electron chi connectivity index (χ1n) is 26.6. The molecule has 0 spiro atoms. The van der Waals surface area contributed by atoms with Crippen LogP contribution in [0.2, 0.25) is 0 Å². The average molecular weight is 1030 g/mol. The van der Waals surface area contributed by atoms with Gasteiger partial charge in [-0.15, -0.1) is 15.3 Å².